The van der Waals surface area contributed by atoms with E-state index in [-0.39, 0.29) is 25.3 Å². The van der Waals surface area contributed by atoms with Gasteiger partial charge in [-0.2, -0.15) is 5.26 Å². The lowest BCUT2D eigenvalue weighted by Gasteiger charge is -2.36. The number of nitrogens with one attached hydrogen (secondary N) is 1. The van der Waals surface area contributed by atoms with E-state index in [9.17, 15) is 13.6 Å². The van der Waals surface area contributed by atoms with E-state index in [1.165, 1.54) is 0 Å². The van der Waals surface area contributed by atoms with Crippen LogP contribution in [0.4, 0.5) is 8.78 Å². The average molecular weight is 401 g/mol. The zero-order valence-corrected chi connectivity index (χ0v) is 16.3. The molecule has 146 valence electrons. The van der Waals surface area contributed by atoms with Crippen LogP contribution in [0.15, 0.2) is 47.5 Å². The molecule has 28 heavy (non-hydrogen) atoms. The number of benzene rings is 1. The molecule has 0 aliphatic heterocycles. The second-order valence-corrected chi connectivity index (χ2v) is 7.74. The zero-order chi connectivity index (χ0) is 20.1. The maximum absolute atomic E-state index is 14.1. The first-order chi connectivity index (χ1) is 13.4. The number of pyridine rings is 1. The monoisotopic (exact) mass is 401 g/mol. The van der Waals surface area contributed by atoms with Crippen molar-refractivity contribution in [3.8, 4) is 17.3 Å². The van der Waals surface area contributed by atoms with Crippen LogP contribution in [-0.4, -0.2) is 29.6 Å². The molecule has 0 spiro atoms. The molecule has 4 nitrogen and oxygen atoms in total. The van der Waals surface area contributed by atoms with Gasteiger partial charge in [-0.3, -0.25) is 9.78 Å². The Morgan fingerprint density at radius 2 is 2.11 bits per heavy atom. The zero-order valence-electron chi connectivity index (χ0n) is 15.5. The number of hydrogen-bond donors (Lipinski definition) is 1. The minimum absolute atomic E-state index is 0.191. The van der Waals surface area contributed by atoms with Crippen molar-refractivity contribution in [1.82, 2.24) is 10.3 Å². The molecule has 0 bridgehead atoms. The van der Waals surface area contributed by atoms with Gasteiger partial charge >= 0.3 is 0 Å². The average Bonchev–Trinajstić information content (AvgIpc) is 2.71. The summed E-state index contributed by atoms with van der Waals surface area (Å²) in [5, 5.41) is 11.2. The molecule has 3 rings (SSSR count). The predicted molar refractivity (Wildman–Crippen MR) is 105 cm³/mol. The van der Waals surface area contributed by atoms with E-state index >= 15 is 0 Å². The minimum Gasteiger partial charge on any atom is -0.343 e. The Morgan fingerprint density at radius 1 is 1.36 bits per heavy atom. The van der Waals surface area contributed by atoms with Crippen molar-refractivity contribution >= 4 is 17.7 Å². The number of amides is 1. The molecule has 1 aliphatic carbocycles. The van der Waals surface area contributed by atoms with Crippen LogP contribution in [0.25, 0.3) is 11.3 Å². The van der Waals surface area contributed by atoms with Crippen LogP contribution in [0, 0.1) is 17.2 Å². The Kier molecular flexibility index (Phi) is 6.30. The van der Waals surface area contributed by atoms with E-state index in [0.717, 1.165) is 16.0 Å². The fourth-order valence-corrected chi connectivity index (χ4v) is 4.15. The molecule has 1 aromatic heterocycles. The predicted octanol–water partition coefficient (Wildman–Crippen LogP) is 4.63. The first kappa shape index (κ1) is 20.3. The highest BCUT2D eigenvalue weighted by Crippen LogP contribution is 2.46. The Morgan fingerprint density at radius 3 is 2.79 bits per heavy atom. The number of halogens is 2. The lowest BCUT2D eigenvalue weighted by atomic mass is 9.72. The van der Waals surface area contributed by atoms with Gasteiger partial charge in [0.2, 0.25) is 11.8 Å². The number of alkyl halides is 2. The normalized spacial score (nSPS) is 20.9. The van der Waals surface area contributed by atoms with Gasteiger partial charge in [0, 0.05) is 29.5 Å². The summed E-state index contributed by atoms with van der Waals surface area (Å²) >= 11 is 1.63. The molecule has 1 N–H and O–H groups in total. The third-order valence-corrected chi connectivity index (χ3v) is 5.85. The van der Waals surface area contributed by atoms with Crippen molar-refractivity contribution in [2.45, 2.75) is 36.0 Å². The SMILES string of the molecule is CSc1ccc(-c2ncccc2[C@@H]2CCC(F)(F)C[C@H]2C(=O)NCC#N)cc1. The molecule has 0 radical (unpaired) electrons. The second-order valence-electron chi connectivity index (χ2n) is 6.86. The van der Waals surface area contributed by atoms with Crippen LogP contribution in [-0.2, 0) is 4.79 Å². The lowest BCUT2D eigenvalue weighted by molar-refractivity contribution is -0.133. The van der Waals surface area contributed by atoms with Crippen LogP contribution in [0.5, 0.6) is 0 Å². The first-order valence-electron chi connectivity index (χ1n) is 9.07. The molecule has 2 aromatic rings. The summed E-state index contributed by atoms with van der Waals surface area (Å²) in [6.45, 7) is -0.191. The molecule has 1 fully saturated rings. The van der Waals surface area contributed by atoms with E-state index in [2.05, 4.69) is 10.3 Å². The quantitative estimate of drug-likeness (QED) is 0.586. The maximum atomic E-state index is 14.1. The van der Waals surface area contributed by atoms with Gasteiger partial charge in [0.15, 0.2) is 0 Å². The van der Waals surface area contributed by atoms with Crippen LogP contribution in [0.1, 0.15) is 30.7 Å². The van der Waals surface area contributed by atoms with Gasteiger partial charge < -0.3 is 5.32 Å². The summed E-state index contributed by atoms with van der Waals surface area (Å²) in [5.74, 6) is -4.65. The second kappa shape index (κ2) is 8.70. The molecule has 1 saturated carbocycles. The smallest absolute Gasteiger partial charge is 0.249 e. The van der Waals surface area contributed by atoms with Crippen molar-refractivity contribution < 1.29 is 13.6 Å². The van der Waals surface area contributed by atoms with Crippen molar-refractivity contribution in [2.75, 3.05) is 12.8 Å². The molecule has 1 aliphatic rings. The molecule has 2 atom stereocenters. The minimum atomic E-state index is -2.88. The van der Waals surface area contributed by atoms with Crippen LogP contribution in [0.3, 0.4) is 0 Å². The molecule has 1 heterocycles. The van der Waals surface area contributed by atoms with E-state index < -0.39 is 24.2 Å². The van der Waals surface area contributed by atoms with Crippen LogP contribution < -0.4 is 5.32 Å². The van der Waals surface area contributed by atoms with Crippen LogP contribution >= 0.6 is 11.8 Å². The summed E-state index contributed by atoms with van der Waals surface area (Å²) in [6.07, 6.45) is 3.07. The van der Waals surface area contributed by atoms with E-state index in [1.54, 1.807) is 24.0 Å². The van der Waals surface area contributed by atoms with Gasteiger partial charge in [0.1, 0.15) is 6.54 Å². The Balaban J connectivity index is 1.98. The summed E-state index contributed by atoms with van der Waals surface area (Å²) < 4.78 is 28.1. The standard InChI is InChI=1S/C21H21F2N3OS/c1-28-15-6-4-14(5-7-15)19-17(3-2-11-25-19)16-8-9-21(22,23)13-18(16)20(27)26-12-10-24/h2-7,11,16,18H,8-9,12-13H2,1H3,(H,26,27)/t16-,18+/m0/s1. The molecule has 7 heteroatoms. The molecule has 1 aromatic carbocycles. The van der Waals surface area contributed by atoms with Crippen molar-refractivity contribution in [3.63, 3.8) is 0 Å². The fourth-order valence-electron chi connectivity index (χ4n) is 3.75. The van der Waals surface area contributed by atoms with E-state index in [1.807, 2.05) is 42.7 Å². The highest BCUT2D eigenvalue weighted by Gasteiger charge is 2.45. The van der Waals surface area contributed by atoms with Crippen molar-refractivity contribution in [1.29, 1.82) is 5.26 Å². The number of hydrogen-bond acceptors (Lipinski definition) is 4. The number of carbonyl (C=O) groups excluding carboxylic acids is 1. The number of aromatic nitrogens is 1. The Hall–Kier alpha value is -2.46. The number of thioether (sulfide) groups is 1. The highest BCUT2D eigenvalue weighted by molar-refractivity contribution is 7.98. The summed E-state index contributed by atoms with van der Waals surface area (Å²) in [7, 11) is 0. The van der Waals surface area contributed by atoms with Crippen LogP contribution in [0.2, 0.25) is 0 Å². The third kappa shape index (κ3) is 4.50. The van der Waals surface area contributed by atoms with Gasteiger partial charge in [-0.05, 0) is 42.4 Å². The Labute approximate surface area is 167 Å². The largest absolute Gasteiger partial charge is 0.343 e. The molecule has 1 amide bonds. The number of nitrogens with zero attached hydrogens (tertiary/aromatic N) is 2. The molecular formula is C21H21F2N3OS. The maximum Gasteiger partial charge on any atom is 0.249 e. The first-order valence-corrected chi connectivity index (χ1v) is 10.3. The summed E-state index contributed by atoms with van der Waals surface area (Å²) in [5.41, 5.74) is 2.40. The Bertz CT molecular complexity index is 880. The number of rotatable bonds is 5. The fraction of sp³-hybridized carbons (Fsp3) is 0.381. The highest BCUT2D eigenvalue weighted by atomic mass is 32.2. The van der Waals surface area contributed by atoms with E-state index in [0.29, 0.717) is 5.69 Å². The van der Waals surface area contributed by atoms with Gasteiger partial charge in [-0.1, -0.05) is 18.2 Å². The van der Waals surface area contributed by atoms with Crippen molar-refractivity contribution in [2.24, 2.45) is 5.92 Å². The third-order valence-electron chi connectivity index (χ3n) is 5.11. The van der Waals surface area contributed by atoms with Gasteiger partial charge in [0.25, 0.3) is 0 Å². The molecule has 0 saturated heterocycles. The summed E-state index contributed by atoms with van der Waals surface area (Å²) in [6, 6.07) is 13.4. The van der Waals surface area contributed by atoms with Gasteiger partial charge in [-0.15, -0.1) is 11.8 Å². The van der Waals surface area contributed by atoms with Crippen molar-refractivity contribution in [3.05, 3.63) is 48.2 Å². The number of carbonyl (C=O) groups is 1. The summed E-state index contributed by atoms with van der Waals surface area (Å²) in [4.78, 5) is 18.2. The van der Waals surface area contributed by atoms with Gasteiger partial charge in [0.05, 0.1) is 17.7 Å². The van der Waals surface area contributed by atoms with Gasteiger partial charge in [-0.25, -0.2) is 8.78 Å². The van der Waals surface area contributed by atoms with E-state index in [4.69, 9.17) is 5.26 Å². The topological polar surface area (TPSA) is 65.8 Å². The molecule has 0 unspecified atom stereocenters. The lowest BCUT2D eigenvalue weighted by Crippen LogP contribution is -2.41. The number of nitriles is 1. The molecular weight excluding hydrogens is 380 g/mol.